The van der Waals surface area contributed by atoms with Crippen LogP contribution in [0.4, 0.5) is 0 Å². The van der Waals surface area contributed by atoms with Gasteiger partial charge in [0.15, 0.2) is 5.82 Å². The molecule has 6 nitrogen and oxygen atoms in total. The van der Waals surface area contributed by atoms with Crippen molar-refractivity contribution in [3.8, 4) is 11.4 Å². The van der Waals surface area contributed by atoms with Crippen molar-refractivity contribution in [3.05, 3.63) is 36.2 Å². The Balaban J connectivity index is 1.40. The average molecular weight is 339 g/mol. The van der Waals surface area contributed by atoms with Gasteiger partial charge < -0.3 is 4.90 Å². The van der Waals surface area contributed by atoms with Crippen molar-refractivity contribution in [1.82, 2.24) is 25.0 Å². The lowest BCUT2D eigenvalue weighted by molar-refractivity contribution is -0.138. The largest absolute Gasteiger partial charge is 0.341 e. The summed E-state index contributed by atoms with van der Waals surface area (Å²) >= 11 is 0. The SMILES string of the molecule is CN(C)C1(C(=O)N2CCC(c3nc(-c4ccccc4)n[nH]3)CC2)CC1. The van der Waals surface area contributed by atoms with Crippen molar-refractivity contribution in [2.45, 2.75) is 37.1 Å². The van der Waals surface area contributed by atoms with E-state index in [0.29, 0.717) is 11.8 Å². The molecule has 2 aliphatic rings. The zero-order valence-electron chi connectivity index (χ0n) is 14.9. The Kier molecular flexibility index (Phi) is 4.07. The van der Waals surface area contributed by atoms with E-state index in [4.69, 9.17) is 0 Å². The van der Waals surface area contributed by atoms with Gasteiger partial charge in [-0.25, -0.2) is 4.98 Å². The molecule has 25 heavy (non-hydrogen) atoms. The maximum atomic E-state index is 12.8. The zero-order chi connectivity index (χ0) is 17.4. The van der Waals surface area contributed by atoms with Crippen LogP contribution in [0.2, 0.25) is 0 Å². The molecule has 132 valence electrons. The Morgan fingerprint density at radius 3 is 2.48 bits per heavy atom. The molecule has 2 fully saturated rings. The third kappa shape index (κ3) is 2.95. The molecular formula is C19H25N5O. The molecular weight excluding hydrogens is 314 g/mol. The highest BCUT2D eigenvalue weighted by Crippen LogP contribution is 2.42. The van der Waals surface area contributed by atoms with Gasteiger partial charge in [-0.15, -0.1) is 0 Å². The first-order valence-corrected chi connectivity index (χ1v) is 9.05. The van der Waals surface area contributed by atoms with Gasteiger partial charge in [-0.05, 0) is 39.8 Å². The summed E-state index contributed by atoms with van der Waals surface area (Å²) in [7, 11) is 4.02. The molecule has 6 heteroatoms. The monoisotopic (exact) mass is 339 g/mol. The highest BCUT2D eigenvalue weighted by molar-refractivity contribution is 5.89. The van der Waals surface area contributed by atoms with E-state index in [1.807, 2.05) is 49.3 Å². The van der Waals surface area contributed by atoms with E-state index in [9.17, 15) is 4.79 Å². The number of hydrogen-bond donors (Lipinski definition) is 1. The first kappa shape index (κ1) is 16.3. The maximum Gasteiger partial charge on any atom is 0.243 e. The van der Waals surface area contributed by atoms with Crippen LogP contribution in [0.25, 0.3) is 11.4 Å². The van der Waals surface area contributed by atoms with Crippen molar-refractivity contribution < 1.29 is 4.79 Å². The summed E-state index contributed by atoms with van der Waals surface area (Å²) < 4.78 is 0. The van der Waals surface area contributed by atoms with Gasteiger partial charge in [0.2, 0.25) is 5.91 Å². The van der Waals surface area contributed by atoms with Crippen LogP contribution in [0, 0.1) is 0 Å². The molecule has 0 radical (unpaired) electrons. The lowest BCUT2D eigenvalue weighted by atomic mass is 9.95. The molecule has 1 aromatic heterocycles. The number of aromatic amines is 1. The van der Waals surface area contributed by atoms with Crippen LogP contribution in [-0.2, 0) is 4.79 Å². The van der Waals surface area contributed by atoms with Gasteiger partial charge in [0.1, 0.15) is 11.4 Å². The summed E-state index contributed by atoms with van der Waals surface area (Å²) in [6, 6.07) is 10.0. The fourth-order valence-corrected chi connectivity index (χ4v) is 3.79. The number of H-pyrrole nitrogens is 1. The van der Waals surface area contributed by atoms with Crippen LogP contribution in [0.3, 0.4) is 0 Å². The van der Waals surface area contributed by atoms with E-state index in [-0.39, 0.29) is 5.54 Å². The highest BCUT2D eigenvalue weighted by atomic mass is 16.2. The minimum Gasteiger partial charge on any atom is -0.341 e. The molecule has 0 atom stereocenters. The van der Waals surface area contributed by atoms with E-state index in [2.05, 4.69) is 20.1 Å². The van der Waals surface area contributed by atoms with Crippen molar-refractivity contribution in [3.63, 3.8) is 0 Å². The van der Waals surface area contributed by atoms with Crippen LogP contribution >= 0.6 is 0 Å². The van der Waals surface area contributed by atoms with E-state index < -0.39 is 0 Å². The van der Waals surface area contributed by atoms with Crippen LogP contribution in [0.5, 0.6) is 0 Å². The van der Waals surface area contributed by atoms with Crippen molar-refractivity contribution in [1.29, 1.82) is 0 Å². The van der Waals surface area contributed by atoms with Gasteiger partial charge in [-0.3, -0.25) is 14.8 Å². The molecule has 0 spiro atoms. The smallest absolute Gasteiger partial charge is 0.243 e. The summed E-state index contributed by atoms with van der Waals surface area (Å²) in [5.41, 5.74) is 0.804. The topological polar surface area (TPSA) is 65.1 Å². The number of carbonyl (C=O) groups excluding carboxylic acids is 1. The van der Waals surface area contributed by atoms with Crippen LogP contribution < -0.4 is 0 Å². The van der Waals surface area contributed by atoms with Crippen molar-refractivity contribution in [2.75, 3.05) is 27.2 Å². The van der Waals surface area contributed by atoms with Crippen LogP contribution in [0.1, 0.15) is 37.4 Å². The van der Waals surface area contributed by atoms with Gasteiger partial charge in [-0.1, -0.05) is 30.3 Å². The second-order valence-electron chi connectivity index (χ2n) is 7.40. The first-order valence-electron chi connectivity index (χ1n) is 9.05. The Hall–Kier alpha value is -2.21. The first-order chi connectivity index (χ1) is 12.1. The summed E-state index contributed by atoms with van der Waals surface area (Å²) in [6.45, 7) is 1.61. The summed E-state index contributed by atoms with van der Waals surface area (Å²) in [5, 5.41) is 7.47. The number of hydrogen-bond acceptors (Lipinski definition) is 4. The van der Waals surface area contributed by atoms with Crippen molar-refractivity contribution >= 4 is 5.91 Å². The number of piperidine rings is 1. The zero-order valence-corrected chi connectivity index (χ0v) is 14.9. The number of amides is 1. The van der Waals surface area contributed by atoms with E-state index in [1.165, 1.54) is 0 Å². The van der Waals surface area contributed by atoms with Gasteiger partial charge in [0.05, 0.1) is 0 Å². The molecule has 1 aromatic carbocycles. The number of nitrogens with one attached hydrogen (secondary N) is 1. The van der Waals surface area contributed by atoms with Gasteiger partial charge >= 0.3 is 0 Å². The van der Waals surface area contributed by atoms with Crippen LogP contribution in [-0.4, -0.2) is 63.6 Å². The number of carbonyl (C=O) groups is 1. The summed E-state index contributed by atoms with van der Waals surface area (Å²) in [4.78, 5) is 21.6. The number of nitrogens with zero attached hydrogens (tertiary/aromatic N) is 4. The molecule has 2 heterocycles. The molecule has 4 rings (SSSR count). The molecule has 1 saturated carbocycles. The Morgan fingerprint density at radius 2 is 1.88 bits per heavy atom. The normalized spacial score (nSPS) is 20.0. The predicted octanol–water partition coefficient (Wildman–Crippen LogP) is 2.27. The minimum atomic E-state index is -0.223. The minimum absolute atomic E-state index is 0.223. The molecule has 1 aliphatic carbocycles. The quantitative estimate of drug-likeness (QED) is 0.928. The second-order valence-corrected chi connectivity index (χ2v) is 7.40. The number of benzene rings is 1. The lowest BCUT2D eigenvalue weighted by Crippen LogP contribution is -2.50. The Labute approximate surface area is 148 Å². The molecule has 1 amide bonds. The van der Waals surface area contributed by atoms with Gasteiger partial charge in [0, 0.05) is 24.6 Å². The van der Waals surface area contributed by atoms with Gasteiger partial charge in [-0.2, -0.15) is 5.10 Å². The Morgan fingerprint density at radius 1 is 1.20 bits per heavy atom. The number of likely N-dealkylation sites (tertiary alicyclic amines) is 1. The molecule has 2 aromatic rings. The third-order valence-corrected chi connectivity index (χ3v) is 5.68. The standard InChI is InChI=1S/C19H25N5O/c1-23(2)19(10-11-19)18(25)24-12-8-15(9-13-24)17-20-16(21-22-17)14-6-4-3-5-7-14/h3-7,15H,8-13H2,1-2H3,(H,20,21,22). The summed E-state index contributed by atoms with van der Waals surface area (Å²) in [5.74, 6) is 2.35. The fraction of sp³-hybridized carbons (Fsp3) is 0.526. The lowest BCUT2D eigenvalue weighted by Gasteiger charge is -2.35. The summed E-state index contributed by atoms with van der Waals surface area (Å²) in [6.07, 6.45) is 3.86. The molecule has 0 unspecified atom stereocenters. The molecule has 1 aliphatic heterocycles. The van der Waals surface area contributed by atoms with Crippen molar-refractivity contribution in [2.24, 2.45) is 0 Å². The number of rotatable bonds is 4. The fourth-order valence-electron chi connectivity index (χ4n) is 3.79. The molecule has 1 saturated heterocycles. The van der Waals surface area contributed by atoms with Gasteiger partial charge in [0.25, 0.3) is 0 Å². The molecule has 1 N–H and O–H groups in total. The predicted molar refractivity (Wildman–Crippen MR) is 96.0 cm³/mol. The van der Waals surface area contributed by atoms with Crippen LogP contribution in [0.15, 0.2) is 30.3 Å². The number of likely N-dealkylation sites (N-methyl/N-ethyl adjacent to an activating group) is 1. The Bertz CT molecular complexity index is 742. The van der Waals surface area contributed by atoms with E-state index in [0.717, 1.165) is 56.0 Å². The highest BCUT2D eigenvalue weighted by Gasteiger charge is 2.53. The molecule has 0 bridgehead atoms. The number of aromatic nitrogens is 3. The maximum absolute atomic E-state index is 12.8. The van der Waals surface area contributed by atoms with E-state index >= 15 is 0 Å². The van der Waals surface area contributed by atoms with E-state index in [1.54, 1.807) is 0 Å². The third-order valence-electron chi connectivity index (χ3n) is 5.68. The average Bonchev–Trinajstić information content (AvgIpc) is 3.33. The second kappa shape index (κ2) is 6.26.